The summed E-state index contributed by atoms with van der Waals surface area (Å²) < 4.78 is 10.5. The van der Waals surface area contributed by atoms with Crippen molar-refractivity contribution in [3.05, 3.63) is 60.0 Å². The molecule has 100 valence electrons. The van der Waals surface area contributed by atoms with E-state index in [1.54, 1.807) is 6.08 Å². The fourth-order valence-corrected chi connectivity index (χ4v) is 1.69. The van der Waals surface area contributed by atoms with Crippen molar-refractivity contribution in [1.29, 1.82) is 0 Å². The lowest BCUT2D eigenvalue weighted by Crippen LogP contribution is -2.12. The van der Waals surface area contributed by atoms with Gasteiger partial charge in [-0.05, 0) is 24.6 Å². The second-order valence-corrected chi connectivity index (χ2v) is 4.28. The van der Waals surface area contributed by atoms with E-state index in [0.29, 0.717) is 13.2 Å². The Hall–Kier alpha value is -2.07. The maximum atomic E-state index is 5.42. The van der Waals surface area contributed by atoms with Gasteiger partial charge >= 0.3 is 0 Å². The van der Waals surface area contributed by atoms with E-state index in [-0.39, 0.29) is 0 Å². The summed E-state index contributed by atoms with van der Waals surface area (Å²) in [6.07, 6.45) is 1.73. The summed E-state index contributed by atoms with van der Waals surface area (Å²) in [7, 11) is 0. The van der Waals surface area contributed by atoms with Crippen LogP contribution in [0, 0.1) is 6.92 Å². The monoisotopic (exact) mass is 258 g/mol. The molecule has 4 heteroatoms. The third-order valence-electron chi connectivity index (χ3n) is 2.60. The van der Waals surface area contributed by atoms with Gasteiger partial charge < -0.3 is 14.6 Å². The second kappa shape index (κ2) is 6.75. The first-order valence-corrected chi connectivity index (χ1v) is 6.23. The second-order valence-electron chi connectivity index (χ2n) is 4.28. The van der Waals surface area contributed by atoms with Crippen molar-refractivity contribution < 1.29 is 9.26 Å². The molecule has 1 aromatic carbocycles. The average molecular weight is 258 g/mol. The molecule has 0 amide bonds. The third kappa shape index (κ3) is 4.26. The highest BCUT2D eigenvalue weighted by Gasteiger charge is 2.00. The van der Waals surface area contributed by atoms with Crippen molar-refractivity contribution in [3.8, 4) is 5.75 Å². The van der Waals surface area contributed by atoms with Crippen LogP contribution in [0.2, 0.25) is 0 Å². The third-order valence-corrected chi connectivity index (χ3v) is 2.60. The van der Waals surface area contributed by atoms with E-state index in [4.69, 9.17) is 9.26 Å². The molecule has 19 heavy (non-hydrogen) atoms. The van der Waals surface area contributed by atoms with E-state index >= 15 is 0 Å². The normalized spacial score (nSPS) is 10.4. The molecule has 0 unspecified atom stereocenters. The number of aryl methyl sites for hydroxylation is 1. The summed E-state index contributed by atoms with van der Waals surface area (Å²) in [5, 5.41) is 7.15. The number of hydrogen-bond donors (Lipinski definition) is 1. The summed E-state index contributed by atoms with van der Waals surface area (Å²) in [6.45, 7) is 7.51. The molecule has 0 radical (unpaired) electrons. The van der Waals surface area contributed by atoms with E-state index < -0.39 is 0 Å². The molecule has 2 aromatic rings. The molecule has 0 fully saturated rings. The zero-order valence-corrected chi connectivity index (χ0v) is 11.1. The Balaban J connectivity index is 1.78. The SMILES string of the molecule is C=CCOc1ccc(CNCc2cc(C)no2)cc1. The summed E-state index contributed by atoms with van der Waals surface area (Å²) in [5.41, 5.74) is 2.10. The minimum absolute atomic E-state index is 0.530. The number of benzene rings is 1. The summed E-state index contributed by atoms with van der Waals surface area (Å²) in [5.74, 6) is 1.71. The van der Waals surface area contributed by atoms with Crippen molar-refractivity contribution >= 4 is 0 Å². The van der Waals surface area contributed by atoms with E-state index in [9.17, 15) is 0 Å². The Labute approximate surface area is 113 Å². The fraction of sp³-hybridized carbons (Fsp3) is 0.267. The van der Waals surface area contributed by atoms with Crippen LogP contribution in [0.1, 0.15) is 17.0 Å². The van der Waals surface area contributed by atoms with Crippen LogP contribution in [0.4, 0.5) is 0 Å². The molecule has 1 aromatic heterocycles. The van der Waals surface area contributed by atoms with Gasteiger partial charge in [-0.1, -0.05) is 29.9 Å². The van der Waals surface area contributed by atoms with Gasteiger partial charge in [-0.15, -0.1) is 0 Å². The Morgan fingerprint density at radius 3 is 2.74 bits per heavy atom. The van der Waals surface area contributed by atoms with Crippen molar-refractivity contribution in [3.63, 3.8) is 0 Å². The van der Waals surface area contributed by atoms with Crippen LogP contribution < -0.4 is 10.1 Å². The van der Waals surface area contributed by atoms with Gasteiger partial charge in [0.2, 0.25) is 0 Å². The van der Waals surface area contributed by atoms with Crippen LogP contribution in [0.3, 0.4) is 0 Å². The van der Waals surface area contributed by atoms with Gasteiger partial charge in [0.05, 0.1) is 12.2 Å². The topological polar surface area (TPSA) is 47.3 Å². The minimum Gasteiger partial charge on any atom is -0.490 e. The first-order chi connectivity index (χ1) is 9.28. The van der Waals surface area contributed by atoms with Gasteiger partial charge in [0.15, 0.2) is 5.76 Å². The van der Waals surface area contributed by atoms with Crippen LogP contribution in [0.5, 0.6) is 5.75 Å². The van der Waals surface area contributed by atoms with E-state index in [0.717, 1.165) is 23.7 Å². The smallest absolute Gasteiger partial charge is 0.150 e. The van der Waals surface area contributed by atoms with Crippen molar-refractivity contribution in [2.75, 3.05) is 6.61 Å². The molecule has 0 aliphatic rings. The van der Waals surface area contributed by atoms with E-state index in [1.807, 2.05) is 37.3 Å². The number of nitrogens with zero attached hydrogens (tertiary/aromatic N) is 1. The molecule has 0 aliphatic heterocycles. The predicted molar refractivity (Wildman–Crippen MR) is 73.9 cm³/mol. The van der Waals surface area contributed by atoms with Crippen molar-refractivity contribution in [2.24, 2.45) is 0 Å². The molecule has 4 nitrogen and oxygen atoms in total. The summed E-state index contributed by atoms with van der Waals surface area (Å²) in [6, 6.07) is 9.92. The number of rotatable bonds is 7. The fourth-order valence-electron chi connectivity index (χ4n) is 1.69. The lowest BCUT2D eigenvalue weighted by atomic mass is 10.2. The Morgan fingerprint density at radius 2 is 2.11 bits per heavy atom. The lowest BCUT2D eigenvalue weighted by Gasteiger charge is -2.05. The number of hydrogen-bond acceptors (Lipinski definition) is 4. The molecular formula is C15H18N2O2. The Bertz CT molecular complexity index is 517. The zero-order valence-electron chi connectivity index (χ0n) is 11.1. The lowest BCUT2D eigenvalue weighted by molar-refractivity contribution is 0.363. The molecule has 1 N–H and O–H groups in total. The van der Waals surface area contributed by atoms with Crippen molar-refractivity contribution in [2.45, 2.75) is 20.0 Å². The number of aromatic nitrogens is 1. The van der Waals surface area contributed by atoms with Crippen LogP contribution >= 0.6 is 0 Å². The van der Waals surface area contributed by atoms with Crippen LogP contribution in [0.25, 0.3) is 0 Å². The highest BCUT2D eigenvalue weighted by molar-refractivity contribution is 5.27. The molecule has 0 saturated heterocycles. The molecule has 2 rings (SSSR count). The van der Waals surface area contributed by atoms with Gasteiger partial charge in [-0.3, -0.25) is 0 Å². The molecular weight excluding hydrogens is 240 g/mol. The molecule has 1 heterocycles. The highest BCUT2D eigenvalue weighted by atomic mass is 16.5. The maximum absolute atomic E-state index is 5.42. The van der Waals surface area contributed by atoms with Crippen LogP contribution in [-0.4, -0.2) is 11.8 Å². The number of nitrogens with one attached hydrogen (secondary N) is 1. The molecule has 0 saturated carbocycles. The summed E-state index contributed by atoms with van der Waals surface area (Å²) >= 11 is 0. The first kappa shape index (κ1) is 13.4. The first-order valence-electron chi connectivity index (χ1n) is 6.23. The molecule has 0 bridgehead atoms. The van der Waals surface area contributed by atoms with E-state index in [2.05, 4.69) is 17.1 Å². The van der Waals surface area contributed by atoms with Gasteiger partial charge in [0, 0.05) is 12.6 Å². The number of ether oxygens (including phenoxy) is 1. The molecule has 0 spiro atoms. The Kier molecular flexibility index (Phi) is 4.75. The van der Waals surface area contributed by atoms with Crippen LogP contribution in [-0.2, 0) is 13.1 Å². The highest BCUT2D eigenvalue weighted by Crippen LogP contribution is 2.12. The van der Waals surface area contributed by atoms with Gasteiger partial charge in [-0.25, -0.2) is 0 Å². The quantitative estimate of drug-likeness (QED) is 0.776. The summed E-state index contributed by atoms with van der Waals surface area (Å²) in [4.78, 5) is 0. The predicted octanol–water partition coefficient (Wildman–Crippen LogP) is 2.84. The van der Waals surface area contributed by atoms with Gasteiger partial charge in [-0.2, -0.15) is 0 Å². The van der Waals surface area contributed by atoms with Gasteiger partial charge in [0.25, 0.3) is 0 Å². The Morgan fingerprint density at radius 1 is 1.32 bits per heavy atom. The zero-order chi connectivity index (χ0) is 13.5. The molecule has 0 aliphatic carbocycles. The average Bonchev–Trinajstić information content (AvgIpc) is 2.84. The van der Waals surface area contributed by atoms with Crippen LogP contribution in [0.15, 0.2) is 47.5 Å². The molecule has 0 atom stereocenters. The van der Waals surface area contributed by atoms with Crippen molar-refractivity contribution in [1.82, 2.24) is 10.5 Å². The van der Waals surface area contributed by atoms with E-state index in [1.165, 1.54) is 5.56 Å². The minimum atomic E-state index is 0.530. The van der Waals surface area contributed by atoms with Gasteiger partial charge in [0.1, 0.15) is 12.4 Å². The maximum Gasteiger partial charge on any atom is 0.150 e. The largest absolute Gasteiger partial charge is 0.490 e. The standard InChI is InChI=1S/C15H18N2O2/c1-3-8-18-14-6-4-13(5-7-14)10-16-11-15-9-12(2)17-19-15/h3-7,9,16H,1,8,10-11H2,2H3.